The van der Waals surface area contributed by atoms with Gasteiger partial charge >= 0.3 is 0 Å². The van der Waals surface area contributed by atoms with Crippen LogP contribution in [0.1, 0.15) is 19.8 Å². The summed E-state index contributed by atoms with van der Waals surface area (Å²) in [6.45, 7) is 1.70. The van der Waals surface area contributed by atoms with Crippen molar-refractivity contribution in [3.05, 3.63) is 16.0 Å². The number of nitrogens with one attached hydrogen (secondary N) is 1. The minimum atomic E-state index is -3.41. The van der Waals surface area contributed by atoms with Crippen LogP contribution in [0.2, 0.25) is 5.15 Å². The summed E-state index contributed by atoms with van der Waals surface area (Å²) in [4.78, 5) is 7.55. The number of anilines is 1. The van der Waals surface area contributed by atoms with Crippen molar-refractivity contribution in [1.29, 1.82) is 0 Å². The Morgan fingerprint density at radius 2 is 2.12 bits per heavy atom. The standard InChI is InChI=1S/C8H9BrClN3O2S/c1-8(2-3-8)16(14,15)13-7-5(9)6(10)11-4-12-7/h4H,2-3H2,1H3,(H,11,12,13). The fourth-order valence-electron chi connectivity index (χ4n) is 1.11. The maximum absolute atomic E-state index is 11.9. The molecule has 1 fully saturated rings. The number of nitrogens with zero attached hydrogens (tertiary/aromatic N) is 2. The monoisotopic (exact) mass is 325 g/mol. The largest absolute Gasteiger partial charge is 0.266 e. The van der Waals surface area contributed by atoms with Crippen LogP contribution < -0.4 is 4.72 Å². The molecule has 0 spiro atoms. The van der Waals surface area contributed by atoms with Crippen LogP contribution in [0.15, 0.2) is 10.8 Å². The Morgan fingerprint density at radius 3 is 2.69 bits per heavy atom. The number of rotatable bonds is 3. The Labute approximate surface area is 107 Å². The van der Waals surface area contributed by atoms with Gasteiger partial charge in [0.1, 0.15) is 11.5 Å². The molecule has 2 rings (SSSR count). The van der Waals surface area contributed by atoms with Gasteiger partial charge in [0.2, 0.25) is 10.0 Å². The normalized spacial score (nSPS) is 18.2. The van der Waals surface area contributed by atoms with Gasteiger partial charge in [-0.1, -0.05) is 11.6 Å². The Hall–Kier alpha value is -0.400. The summed E-state index contributed by atoms with van der Waals surface area (Å²) in [5.41, 5.74) is 0. The number of hydrogen-bond donors (Lipinski definition) is 1. The highest BCUT2D eigenvalue weighted by Gasteiger charge is 2.50. The zero-order valence-electron chi connectivity index (χ0n) is 8.37. The molecule has 1 aliphatic carbocycles. The average Bonchev–Trinajstić information content (AvgIpc) is 2.93. The van der Waals surface area contributed by atoms with Crippen LogP contribution in [0.5, 0.6) is 0 Å². The lowest BCUT2D eigenvalue weighted by Gasteiger charge is -2.13. The summed E-state index contributed by atoms with van der Waals surface area (Å²) in [6.07, 6.45) is 2.54. The third kappa shape index (κ3) is 2.03. The van der Waals surface area contributed by atoms with Crippen molar-refractivity contribution >= 4 is 43.4 Å². The fraction of sp³-hybridized carbons (Fsp3) is 0.500. The van der Waals surface area contributed by atoms with E-state index in [1.165, 1.54) is 6.33 Å². The second kappa shape index (κ2) is 3.82. The number of sulfonamides is 1. The summed E-state index contributed by atoms with van der Waals surface area (Å²) >= 11 is 8.88. The lowest BCUT2D eigenvalue weighted by Crippen LogP contribution is -2.27. The lowest BCUT2D eigenvalue weighted by molar-refractivity contribution is 0.587. The molecule has 1 heterocycles. The van der Waals surface area contributed by atoms with E-state index in [1.807, 2.05) is 0 Å². The molecule has 0 aliphatic heterocycles. The third-order valence-electron chi connectivity index (χ3n) is 2.58. The molecular weight excluding hydrogens is 318 g/mol. The summed E-state index contributed by atoms with van der Waals surface area (Å²) < 4.78 is 25.9. The van der Waals surface area contributed by atoms with E-state index < -0.39 is 14.8 Å². The van der Waals surface area contributed by atoms with Crippen molar-refractivity contribution < 1.29 is 8.42 Å². The molecule has 0 atom stereocenters. The van der Waals surface area contributed by atoms with Crippen molar-refractivity contribution in [1.82, 2.24) is 9.97 Å². The first kappa shape index (κ1) is 12.1. The fourth-order valence-corrected chi connectivity index (χ4v) is 2.98. The summed E-state index contributed by atoms with van der Waals surface area (Å²) in [6, 6.07) is 0. The van der Waals surface area contributed by atoms with Gasteiger partial charge in [-0.3, -0.25) is 4.72 Å². The van der Waals surface area contributed by atoms with Gasteiger partial charge in [0, 0.05) is 0 Å². The zero-order valence-corrected chi connectivity index (χ0v) is 11.5. The molecule has 0 saturated heterocycles. The highest BCUT2D eigenvalue weighted by molar-refractivity contribution is 9.10. The van der Waals surface area contributed by atoms with E-state index in [0.29, 0.717) is 17.3 Å². The number of aromatic nitrogens is 2. The third-order valence-corrected chi connectivity index (χ3v) is 6.01. The predicted octanol–water partition coefficient (Wildman–Crippen LogP) is 2.19. The Morgan fingerprint density at radius 1 is 1.50 bits per heavy atom. The molecule has 0 aromatic carbocycles. The van der Waals surface area contributed by atoms with Gasteiger partial charge in [0.15, 0.2) is 5.82 Å². The van der Waals surface area contributed by atoms with Gasteiger partial charge in [0.25, 0.3) is 0 Å². The Balaban J connectivity index is 2.31. The van der Waals surface area contributed by atoms with Crippen LogP contribution in [-0.4, -0.2) is 23.1 Å². The van der Waals surface area contributed by atoms with E-state index in [4.69, 9.17) is 11.6 Å². The van der Waals surface area contributed by atoms with Crippen molar-refractivity contribution in [2.45, 2.75) is 24.5 Å². The van der Waals surface area contributed by atoms with E-state index in [1.54, 1.807) is 6.92 Å². The molecule has 1 saturated carbocycles. The van der Waals surface area contributed by atoms with Crippen molar-refractivity contribution in [3.8, 4) is 0 Å². The van der Waals surface area contributed by atoms with Crippen LogP contribution in [0.25, 0.3) is 0 Å². The zero-order chi connectivity index (χ0) is 12.0. The first-order valence-electron chi connectivity index (χ1n) is 4.54. The summed E-state index contributed by atoms with van der Waals surface area (Å²) in [5.74, 6) is 0.174. The molecule has 16 heavy (non-hydrogen) atoms. The van der Waals surface area contributed by atoms with Gasteiger partial charge in [-0.15, -0.1) is 0 Å². The maximum Gasteiger partial charge on any atom is 0.239 e. The van der Waals surface area contributed by atoms with Crippen molar-refractivity contribution in [3.63, 3.8) is 0 Å². The topological polar surface area (TPSA) is 72.0 Å². The molecule has 1 aromatic heterocycles. The van der Waals surface area contributed by atoms with Gasteiger partial charge in [-0.25, -0.2) is 18.4 Å². The molecule has 0 unspecified atom stereocenters. The minimum absolute atomic E-state index is 0.174. The molecule has 1 N–H and O–H groups in total. The predicted molar refractivity (Wildman–Crippen MR) is 64.9 cm³/mol. The maximum atomic E-state index is 11.9. The van der Waals surface area contributed by atoms with Gasteiger partial charge < -0.3 is 0 Å². The van der Waals surface area contributed by atoms with Gasteiger partial charge in [-0.05, 0) is 35.7 Å². The highest BCUT2D eigenvalue weighted by Crippen LogP contribution is 2.43. The van der Waals surface area contributed by atoms with E-state index in [2.05, 4.69) is 30.6 Å². The molecule has 8 heteroatoms. The Bertz CT molecular complexity index is 530. The molecule has 0 amide bonds. The molecule has 88 valence electrons. The smallest absolute Gasteiger partial charge is 0.239 e. The number of hydrogen-bond acceptors (Lipinski definition) is 4. The van der Waals surface area contributed by atoms with Crippen LogP contribution in [0.3, 0.4) is 0 Å². The lowest BCUT2D eigenvalue weighted by atomic mass is 10.5. The minimum Gasteiger partial charge on any atom is -0.266 e. The van der Waals surface area contributed by atoms with Crippen LogP contribution in [-0.2, 0) is 10.0 Å². The van der Waals surface area contributed by atoms with Crippen molar-refractivity contribution in [2.75, 3.05) is 4.72 Å². The molecule has 1 aliphatic rings. The van der Waals surface area contributed by atoms with Crippen LogP contribution in [0.4, 0.5) is 5.82 Å². The second-order valence-electron chi connectivity index (χ2n) is 3.88. The highest BCUT2D eigenvalue weighted by atomic mass is 79.9. The SMILES string of the molecule is CC1(S(=O)(=O)Nc2ncnc(Cl)c2Br)CC1. The van der Waals surface area contributed by atoms with E-state index in [9.17, 15) is 8.42 Å². The van der Waals surface area contributed by atoms with Crippen LogP contribution >= 0.6 is 27.5 Å². The second-order valence-corrected chi connectivity index (χ2v) is 7.23. The van der Waals surface area contributed by atoms with Gasteiger partial charge in [-0.2, -0.15) is 0 Å². The van der Waals surface area contributed by atoms with E-state index in [-0.39, 0.29) is 11.0 Å². The number of halogens is 2. The first-order valence-corrected chi connectivity index (χ1v) is 7.19. The van der Waals surface area contributed by atoms with Crippen molar-refractivity contribution in [2.24, 2.45) is 0 Å². The first-order chi connectivity index (χ1) is 7.36. The van der Waals surface area contributed by atoms with Gasteiger partial charge in [0.05, 0.1) is 9.22 Å². The quantitative estimate of drug-likeness (QED) is 0.864. The molecule has 5 nitrogen and oxygen atoms in total. The summed E-state index contributed by atoms with van der Waals surface area (Å²) in [7, 11) is -3.41. The molecule has 0 bridgehead atoms. The van der Waals surface area contributed by atoms with E-state index >= 15 is 0 Å². The molecular formula is C8H9BrClN3O2S. The summed E-state index contributed by atoms with van der Waals surface area (Å²) in [5, 5.41) is 0.175. The van der Waals surface area contributed by atoms with Crippen LogP contribution in [0, 0.1) is 0 Å². The Kier molecular flexibility index (Phi) is 2.88. The average molecular weight is 327 g/mol. The van der Waals surface area contributed by atoms with E-state index in [0.717, 1.165) is 0 Å². The molecule has 0 radical (unpaired) electrons. The molecule has 1 aromatic rings.